The van der Waals surface area contributed by atoms with Crippen LogP contribution in [0.15, 0.2) is 29.2 Å². The van der Waals surface area contributed by atoms with Crippen LogP contribution in [0.5, 0.6) is 0 Å². The number of benzene rings is 1. The van der Waals surface area contributed by atoms with Crippen LogP contribution in [0.1, 0.15) is 29.6 Å². The third kappa shape index (κ3) is 6.17. The summed E-state index contributed by atoms with van der Waals surface area (Å²) in [6, 6.07) is 7.12. The average Bonchev–Trinajstić information content (AvgIpc) is 3.42. The molecule has 9 heteroatoms. The molecule has 0 saturated heterocycles. The predicted molar refractivity (Wildman–Crippen MR) is 87.9 cm³/mol. The van der Waals surface area contributed by atoms with Crippen molar-refractivity contribution in [2.24, 2.45) is 5.92 Å². The van der Waals surface area contributed by atoms with Crippen molar-refractivity contribution in [2.75, 3.05) is 19.7 Å². The van der Waals surface area contributed by atoms with E-state index < -0.39 is 21.9 Å². The first kappa shape index (κ1) is 18.9. The van der Waals surface area contributed by atoms with Gasteiger partial charge in [0.25, 0.3) is 5.91 Å². The minimum absolute atomic E-state index is 0.00849. The third-order valence-corrected chi connectivity index (χ3v) is 5.00. The van der Waals surface area contributed by atoms with Gasteiger partial charge < -0.3 is 10.1 Å². The van der Waals surface area contributed by atoms with Crippen LogP contribution in [0.4, 0.5) is 0 Å². The molecule has 0 bridgehead atoms. The minimum Gasteiger partial charge on any atom is -0.464 e. The van der Waals surface area contributed by atoms with Crippen molar-refractivity contribution < 1.29 is 22.7 Å². The van der Waals surface area contributed by atoms with Gasteiger partial charge in [-0.1, -0.05) is 0 Å². The number of amides is 1. The van der Waals surface area contributed by atoms with Gasteiger partial charge in [0.2, 0.25) is 10.0 Å². The normalized spacial score (nSPS) is 13.7. The zero-order valence-corrected chi connectivity index (χ0v) is 14.3. The summed E-state index contributed by atoms with van der Waals surface area (Å²) in [5.41, 5.74) is 0.228. The maximum atomic E-state index is 12.0. The Morgan fingerprint density at radius 1 is 1.24 bits per heavy atom. The highest BCUT2D eigenvalue weighted by Gasteiger charge is 2.23. The van der Waals surface area contributed by atoms with E-state index in [4.69, 9.17) is 10.00 Å². The first-order valence-corrected chi connectivity index (χ1v) is 9.31. The zero-order chi connectivity index (χ0) is 18.3. The van der Waals surface area contributed by atoms with Crippen LogP contribution in [0, 0.1) is 17.2 Å². The highest BCUT2D eigenvalue weighted by atomic mass is 32.2. The van der Waals surface area contributed by atoms with Crippen LogP contribution >= 0.6 is 0 Å². The van der Waals surface area contributed by atoms with E-state index >= 15 is 0 Å². The Kier molecular flexibility index (Phi) is 6.50. The van der Waals surface area contributed by atoms with Gasteiger partial charge in [0.1, 0.15) is 6.54 Å². The van der Waals surface area contributed by atoms with Gasteiger partial charge in [0.05, 0.1) is 17.6 Å². The highest BCUT2D eigenvalue weighted by molar-refractivity contribution is 7.89. The van der Waals surface area contributed by atoms with Crippen molar-refractivity contribution in [3.05, 3.63) is 29.8 Å². The fraction of sp³-hybridized carbons (Fsp3) is 0.438. The van der Waals surface area contributed by atoms with Gasteiger partial charge in [-0.2, -0.15) is 5.26 Å². The van der Waals surface area contributed by atoms with E-state index in [-0.39, 0.29) is 30.0 Å². The van der Waals surface area contributed by atoms with Crippen LogP contribution < -0.4 is 10.0 Å². The van der Waals surface area contributed by atoms with Gasteiger partial charge >= 0.3 is 5.97 Å². The summed E-state index contributed by atoms with van der Waals surface area (Å²) in [6.07, 6.45) is 2.21. The topological polar surface area (TPSA) is 125 Å². The molecule has 0 atom stereocenters. The summed E-state index contributed by atoms with van der Waals surface area (Å²) >= 11 is 0. The molecule has 1 fully saturated rings. The summed E-state index contributed by atoms with van der Waals surface area (Å²) in [7, 11) is -3.72. The largest absolute Gasteiger partial charge is 0.464 e. The van der Waals surface area contributed by atoms with Gasteiger partial charge in [0.15, 0.2) is 0 Å². The maximum absolute atomic E-state index is 12.0. The molecule has 2 rings (SSSR count). The van der Waals surface area contributed by atoms with Crippen molar-refractivity contribution in [2.45, 2.75) is 24.2 Å². The Morgan fingerprint density at radius 3 is 2.52 bits per heavy atom. The summed E-state index contributed by atoms with van der Waals surface area (Å²) < 4.78 is 31.2. The lowest BCUT2D eigenvalue weighted by Gasteiger charge is -2.08. The maximum Gasteiger partial charge on any atom is 0.325 e. The van der Waals surface area contributed by atoms with E-state index in [0.29, 0.717) is 12.5 Å². The lowest BCUT2D eigenvalue weighted by atomic mass is 10.2. The Labute approximate surface area is 146 Å². The monoisotopic (exact) mass is 365 g/mol. The number of rotatable bonds is 9. The molecule has 1 aliphatic rings. The molecule has 0 radical (unpaired) electrons. The van der Waals surface area contributed by atoms with E-state index in [0.717, 1.165) is 12.8 Å². The fourth-order valence-corrected chi connectivity index (χ4v) is 2.94. The highest BCUT2D eigenvalue weighted by Crippen LogP contribution is 2.28. The molecular formula is C16H19N3O5S. The van der Waals surface area contributed by atoms with Gasteiger partial charge in [-0.05, 0) is 43.0 Å². The number of nitrogens with one attached hydrogen (secondary N) is 2. The number of carbonyl (C=O) groups excluding carboxylic acids is 2. The molecule has 2 N–H and O–H groups in total. The fourth-order valence-electron chi connectivity index (χ4n) is 1.91. The predicted octanol–water partition coefficient (Wildman–Crippen LogP) is 0.562. The van der Waals surface area contributed by atoms with Crippen LogP contribution in [-0.2, 0) is 19.6 Å². The van der Waals surface area contributed by atoms with Crippen molar-refractivity contribution in [3.8, 4) is 6.07 Å². The van der Waals surface area contributed by atoms with Gasteiger partial charge in [-0.3, -0.25) is 9.59 Å². The molecule has 1 aromatic carbocycles. The molecule has 134 valence electrons. The molecule has 0 aliphatic heterocycles. The first-order chi connectivity index (χ1) is 11.9. The SMILES string of the molecule is N#CCCNS(=O)(=O)c1ccc(C(=O)NCC(=O)OCC2CC2)cc1. The summed E-state index contributed by atoms with van der Waals surface area (Å²) in [4.78, 5) is 23.4. The second kappa shape index (κ2) is 8.60. The van der Waals surface area contributed by atoms with E-state index in [1.807, 2.05) is 6.07 Å². The van der Waals surface area contributed by atoms with Gasteiger partial charge in [-0.15, -0.1) is 0 Å². The number of sulfonamides is 1. The first-order valence-electron chi connectivity index (χ1n) is 7.83. The van der Waals surface area contributed by atoms with Crippen LogP contribution in [0.25, 0.3) is 0 Å². The number of hydrogen-bond donors (Lipinski definition) is 2. The molecule has 1 amide bonds. The molecule has 0 spiro atoms. The minimum atomic E-state index is -3.72. The molecule has 1 aromatic rings. The second-order valence-electron chi connectivity index (χ2n) is 5.64. The Hall–Kier alpha value is -2.44. The Bertz CT molecular complexity index is 764. The van der Waals surface area contributed by atoms with Gasteiger partial charge in [-0.25, -0.2) is 13.1 Å². The Morgan fingerprint density at radius 2 is 1.92 bits per heavy atom. The quantitative estimate of drug-likeness (QED) is 0.486. The molecule has 0 unspecified atom stereocenters. The summed E-state index contributed by atoms with van der Waals surface area (Å²) in [5, 5.41) is 10.9. The molecule has 1 saturated carbocycles. The number of carbonyl (C=O) groups is 2. The van der Waals surface area contributed by atoms with E-state index in [9.17, 15) is 18.0 Å². The molecular weight excluding hydrogens is 346 g/mol. The molecule has 25 heavy (non-hydrogen) atoms. The van der Waals surface area contributed by atoms with Crippen molar-refractivity contribution in [1.82, 2.24) is 10.0 Å². The molecule has 1 aliphatic carbocycles. The van der Waals surface area contributed by atoms with Crippen LogP contribution in [0.3, 0.4) is 0 Å². The number of nitriles is 1. The zero-order valence-electron chi connectivity index (χ0n) is 13.5. The molecule has 0 aromatic heterocycles. The third-order valence-electron chi connectivity index (χ3n) is 3.53. The summed E-state index contributed by atoms with van der Waals surface area (Å²) in [6.45, 7) is 0.172. The number of esters is 1. The van der Waals surface area contributed by atoms with Crippen molar-refractivity contribution >= 4 is 21.9 Å². The lowest BCUT2D eigenvalue weighted by molar-refractivity contribution is -0.142. The number of ether oxygens (including phenoxy) is 1. The van der Waals surface area contributed by atoms with Crippen LogP contribution in [0.2, 0.25) is 0 Å². The average molecular weight is 365 g/mol. The van der Waals surface area contributed by atoms with Crippen molar-refractivity contribution in [3.63, 3.8) is 0 Å². The Balaban J connectivity index is 1.84. The summed E-state index contributed by atoms with van der Waals surface area (Å²) in [5.74, 6) is -0.540. The standard InChI is InChI=1S/C16H19N3O5S/c17-8-1-9-19-25(22,23)14-6-4-13(5-7-14)16(21)18-10-15(20)24-11-12-2-3-12/h4-7,12,19H,1-3,9-11H2,(H,18,21). The molecule has 8 nitrogen and oxygen atoms in total. The van der Waals surface area contributed by atoms with Crippen molar-refractivity contribution in [1.29, 1.82) is 5.26 Å². The van der Waals surface area contributed by atoms with E-state index in [1.54, 1.807) is 0 Å². The smallest absolute Gasteiger partial charge is 0.325 e. The molecule has 0 heterocycles. The van der Waals surface area contributed by atoms with E-state index in [2.05, 4.69) is 10.0 Å². The van der Waals surface area contributed by atoms with Crippen LogP contribution in [-0.4, -0.2) is 40.0 Å². The second-order valence-corrected chi connectivity index (χ2v) is 7.41. The number of nitrogens with zero attached hydrogens (tertiary/aromatic N) is 1. The lowest BCUT2D eigenvalue weighted by Crippen LogP contribution is -2.31. The number of hydrogen-bond acceptors (Lipinski definition) is 6. The van der Waals surface area contributed by atoms with E-state index in [1.165, 1.54) is 24.3 Å². The van der Waals surface area contributed by atoms with Gasteiger partial charge in [0, 0.05) is 18.5 Å².